The topological polar surface area (TPSA) is 55.6 Å². The summed E-state index contributed by atoms with van der Waals surface area (Å²) in [6, 6.07) is 0. The largest absolute Gasteiger partial charge is 0.391 e. The zero-order chi connectivity index (χ0) is 17.0. The number of nitrogens with zero attached hydrogens (tertiary/aromatic N) is 1. The molecule has 0 bridgehead atoms. The van der Waals surface area contributed by atoms with E-state index in [2.05, 4.69) is 0 Å². The second kappa shape index (κ2) is 5.34. The van der Waals surface area contributed by atoms with Gasteiger partial charge in [0.1, 0.15) is 5.54 Å². The molecule has 0 aromatic heterocycles. The number of hydrogen-bond acceptors (Lipinski definition) is 3. The first kappa shape index (κ1) is 17.0. The smallest absolute Gasteiger partial charge is 0.377 e. The lowest BCUT2D eigenvalue weighted by Gasteiger charge is -2.66. The Morgan fingerprint density at radius 2 is 1.83 bits per heavy atom. The third-order valence-corrected chi connectivity index (χ3v) is 6.28. The Kier molecular flexibility index (Phi) is 3.95. The van der Waals surface area contributed by atoms with Crippen molar-refractivity contribution in [3.8, 4) is 0 Å². The summed E-state index contributed by atoms with van der Waals surface area (Å²) >= 11 is 0. The van der Waals surface area contributed by atoms with Crippen molar-refractivity contribution in [1.29, 1.82) is 0 Å². The Morgan fingerprint density at radius 1 is 1.22 bits per heavy atom. The third kappa shape index (κ3) is 2.38. The second-order valence-corrected chi connectivity index (χ2v) is 7.74. The highest BCUT2D eigenvalue weighted by Crippen LogP contribution is 2.58. The highest BCUT2D eigenvalue weighted by Gasteiger charge is 2.71. The third-order valence-electron chi connectivity index (χ3n) is 6.28. The van der Waals surface area contributed by atoms with Crippen LogP contribution < -0.4 is 5.73 Å². The van der Waals surface area contributed by atoms with Gasteiger partial charge < -0.3 is 15.4 Å². The van der Waals surface area contributed by atoms with Crippen LogP contribution in [0.3, 0.4) is 0 Å². The lowest BCUT2D eigenvalue weighted by atomic mass is 9.46. The fourth-order valence-corrected chi connectivity index (χ4v) is 4.68. The van der Waals surface area contributed by atoms with Gasteiger partial charge in [-0.15, -0.1) is 0 Å². The quantitative estimate of drug-likeness (QED) is 0.801. The van der Waals surface area contributed by atoms with E-state index in [-0.39, 0.29) is 43.9 Å². The van der Waals surface area contributed by atoms with Crippen molar-refractivity contribution in [1.82, 2.24) is 4.90 Å². The first-order valence-electron chi connectivity index (χ1n) is 8.36. The number of hydrogen-bond donors (Lipinski definition) is 1. The van der Waals surface area contributed by atoms with Gasteiger partial charge in [0.15, 0.2) is 0 Å². The van der Waals surface area contributed by atoms with Crippen LogP contribution in [0.1, 0.15) is 39.5 Å². The predicted octanol–water partition coefficient (Wildman–Crippen LogP) is 2.32. The SMILES string of the molecule is CC1(C)C2OCCCC2C1(N)C(=O)N1CCC(C(F)(F)F)CC1. The summed E-state index contributed by atoms with van der Waals surface area (Å²) in [5.74, 6) is -1.53. The molecular formula is C16H25F3N2O2. The van der Waals surface area contributed by atoms with E-state index in [0.717, 1.165) is 12.8 Å². The van der Waals surface area contributed by atoms with Gasteiger partial charge in [-0.3, -0.25) is 4.79 Å². The van der Waals surface area contributed by atoms with Crippen LogP contribution in [0.25, 0.3) is 0 Å². The summed E-state index contributed by atoms with van der Waals surface area (Å²) in [5, 5.41) is 0. The molecule has 3 rings (SSSR count). The molecule has 3 aliphatic rings. The Labute approximate surface area is 134 Å². The second-order valence-electron chi connectivity index (χ2n) is 7.74. The number of halogens is 3. The van der Waals surface area contributed by atoms with E-state index >= 15 is 0 Å². The fourth-order valence-electron chi connectivity index (χ4n) is 4.68. The molecule has 23 heavy (non-hydrogen) atoms. The van der Waals surface area contributed by atoms with Crippen molar-refractivity contribution < 1.29 is 22.7 Å². The number of carbonyl (C=O) groups is 1. The number of amides is 1. The van der Waals surface area contributed by atoms with Gasteiger partial charge in [-0.1, -0.05) is 13.8 Å². The Bertz CT molecular complexity index is 486. The molecule has 3 fully saturated rings. The van der Waals surface area contributed by atoms with E-state index in [1.54, 1.807) is 0 Å². The molecule has 0 aromatic carbocycles. The zero-order valence-corrected chi connectivity index (χ0v) is 13.7. The van der Waals surface area contributed by atoms with Crippen molar-refractivity contribution >= 4 is 5.91 Å². The van der Waals surface area contributed by atoms with Gasteiger partial charge in [-0.2, -0.15) is 13.2 Å². The molecule has 0 radical (unpaired) electrons. The summed E-state index contributed by atoms with van der Waals surface area (Å²) in [6.07, 6.45) is -2.55. The summed E-state index contributed by atoms with van der Waals surface area (Å²) in [4.78, 5) is 14.5. The molecule has 4 nitrogen and oxygen atoms in total. The lowest BCUT2D eigenvalue weighted by Crippen LogP contribution is -2.82. The van der Waals surface area contributed by atoms with Crippen molar-refractivity contribution in [2.24, 2.45) is 23.0 Å². The van der Waals surface area contributed by atoms with E-state index in [1.165, 1.54) is 4.90 Å². The van der Waals surface area contributed by atoms with Crippen LogP contribution in [0.4, 0.5) is 13.2 Å². The molecule has 2 saturated heterocycles. The number of ether oxygens (including phenoxy) is 1. The Balaban J connectivity index is 1.71. The summed E-state index contributed by atoms with van der Waals surface area (Å²) in [5.41, 5.74) is 5.02. The molecule has 3 unspecified atom stereocenters. The molecular weight excluding hydrogens is 309 g/mol. The van der Waals surface area contributed by atoms with Crippen LogP contribution >= 0.6 is 0 Å². The minimum Gasteiger partial charge on any atom is -0.377 e. The fraction of sp³-hybridized carbons (Fsp3) is 0.938. The minimum absolute atomic E-state index is 0.0286. The van der Waals surface area contributed by atoms with E-state index in [1.807, 2.05) is 13.8 Å². The number of fused-ring (bicyclic) bond motifs is 1. The zero-order valence-electron chi connectivity index (χ0n) is 13.7. The Hall–Kier alpha value is -0.820. The van der Waals surface area contributed by atoms with Crippen molar-refractivity contribution in [3.05, 3.63) is 0 Å². The number of nitrogens with two attached hydrogens (primary N) is 1. The molecule has 2 N–H and O–H groups in total. The molecule has 3 atom stereocenters. The van der Waals surface area contributed by atoms with Gasteiger partial charge in [0.2, 0.25) is 5.91 Å². The molecule has 1 saturated carbocycles. The van der Waals surface area contributed by atoms with E-state index in [0.29, 0.717) is 6.61 Å². The van der Waals surface area contributed by atoms with E-state index in [4.69, 9.17) is 10.5 Å². The maximum atomic E-state index is 13.0. The highest BCUT2D eigenvalue weighted by molar-refractivity contribution is 5.89. The number of carbonyl (C=O) groups excluding carboxylic acids is 1. The van der Waals surface area contributed by atoms with Gasteiger partial charge in [-0.05, 0) is 25.7 Å². The predicted molar refractivity (Wildman–Crippen MR) is 78.5 cm³/mol. The number of piperidine rings is 1. The molecule has 0 spiro atoms. The van der Waals surface area contributed by atoms with Crippen LogP contribution in [0.5, 0.6) is 0 Å². The van der Waals surface area contributed by atoms with Gasteiger partial charge in [0.25, 0.3) is 0 Å². The first-order chi connectivity index (χ1) is 10.6. The maximum absolute atomic E-state index is 13.0. The van der Waals surface area contributed by atoms with Crippen molar-refractivity contribution in [2.75, 3.05) is 19.7 Å². The van der Waals surface area contributed by atoms with Crippen LogP contribution in [0, 0.1) is 17.3 Å². The minimum atomic E-state index is -4.17. The molecule has 2 heterocycles. The van der Waals surface area contributed by atoms with E-state index in [9.17, 15) is 18.0 Å². The van der Waals surface area contributed by atoms with Crippen LogP contribution in [0.15, 0.2) is 0 Å². The highest BCUT2D eigenvalue weighted by atomic mass is 19.4. The van der Waals surface area contributed by atoms with Gasteiger partial charge >= 0.3 is 6.18 Å². The molecule has 0 aromatic rings. The molecule has 132 valence electrons. The van der Waals surface area contributed by atoms with Crippen molar-refractivity contribution in [2.45, 2.75) is 57.3 Å². The molecule has 2 aliphatic heterocycles. The molecule has 1 aliphatic carbocycles. The summed E-state index contributed by atoms with van der Waals surface area (Å²) in [7, 11) is 0. The number of likely N-dealkylation sites (tertiary alicyclic amines) is 1. The maximum Gasteiger partial charge on any atom is 0.391 e. The average Bonchev–Trinajstić information content (AvgIpc) is 2.52. The normalized spacial score (nSPS) is 37.9. The average molecular weight is 334 g/mol. The molecule has 1 amide bonds. The Morgan fingerprint density at radius 3 is 2.39 bits per heavy atom. The first-order valence-corrected chi connectivity index (χ1v) is 8.36. The standard InChI is InChI=1S/C16H25F3N2O2/c1-14(2)12-11(4-3-9-23-12)15(14,20)13(22)21-7-5-10(6-8-21)16(17,18)19/h10-12H,3-9,20H2,1-2H3. The summed E-state index contributed by atoms with van der Waals surface area (Å²) in [6.45, 7) is 4.82. The number of rotatable bonds is 1. The van der Waals surface area contributed by atoms with Crippen LogP contribution in [0.2, 0.25) is 0 Å². The number of alkyl halides is 3. The van der Waals surface area contributed by atoms with Crippen LogP contribution in [-0.4, -0.2) is 48.3 Å². The van der Waals surface area contributed by atoms with Crippen molar-refractivity contribution in [3.63, 3.8) is 0 Å². The van der Waals surface area contributed by atoms with Gasteiger partial charge in [0.05, 0.1) is 12.0 Å². The lowest BCUT2D eigenvalue weighted by molar-refractivity contribution is -0.232. The summed E-state index contributed by atoms with van der Waals surface area (Å²) < 4.78 is 44.1. The van der Waals surface area contributed by atoms with Crippen LogP contribution in [-0.2, 0) is 9.53 Å². The van der Waals surface area contributed by atoms with Gasteiger partial charge in [-0.25, -0.2) is 0 Å². The monoisotopic (exact) mass is 334 g/mol. The van der Waals surface area contributed by atoms with Gasteiger partial charge in [0, 0.05) is 31.0 Å². The molecule has 7 heteroatoms. The van der Waals surface area contributed by atoms with E-state index < -0.39 is 23.0 Å².